The zero-order valence-electron chi connectivity index (χ0n) is 17.4. The van der Waals surface area contributed by atoms with Crippen molar-refractivity contribution in [1.82, 2.24) is 14.8 Å². The minimum atomic E-state index is -0.244. The smallest absolute Gasteiger partial charge is 0.335 e. The van der Waals surface area contributed by atoms with E-state index in [-0.39, 0.29) is 5.97 Å². The lowest BCUT2D eigenvalue weighted by atomic mass is 9.72. The molecule has 1 aliphatic heterocycles. The molecule has 0 amide bonds. The number of hydrogen-bond acceptors (Lipinski definition) is 4. The Bertz CT molecular complexity index is 914. The van der Waals surface area contributed by atoms with Crippen LogP contribution in [0.3, 0.4) is 0 Å². The molecule has 0 saturated carbocycles. The van der Waals surface area contributed by atoms with E-state index in [2.05, 4.69) is 53.3 Å². The normalized spacial score (nSPS) is 24.9. The fraction of sp³-hybridized carbons (Fsp3) is 0.522. The molecule has 28 heavy (non-hydrogen) atoms. The fourth-order valence-corrected chi connectivity index (χ4v) is 5.16. The van der Waals surface area contributed by atoms with Gasteiger partial charge in [0.15, 0.2) is 0 Å². The molecule has 0 radical (unpaired) electrons. The number of fused-ring (bicyclic) bond motifs is 2. The maximum Gasteiger partial charge on any atom is 0.335 e. The Kier molecular flexibility index (Phi) is 5.19. The maximum atomic E-state index is 11.7. The highest BCUT2D eigenvalue weighted by Crippen LogP contribution is 2.44. The van der Waals surface area contributed by atoms with E-state index in [9.17, 15) is 4.79 Å². The molecule has 150 valence electrons. The van der Waals surface area contributed by atoms with Crippen LogP contribution in [-0.2, 0) is 23.0 Å². The second-order valence-electron chi connectivity index (χ2n) is 8.38. The summed E-state index contributed by atoms with van der Waals surface area (Å²) in [5, 5.41) is 4.84. The molecule has 1 aromatic heterocycles. The average Bonchev–Trinajstić information content (AvgIpc) is 3.00. The number of likely N-dealkylation sites (N-methyl/N-ethyl adjacent to an activating group) is 1. The number of likely N-dealkylation sites (tertiary alicyclic amines) is 1. The third kappa shape index (κ3) is 3.32. The first-order valence-corrected chi connectivity index (χ1v) is 10.3. The summed E-state index contributed by atoms with van der Waals surface area (Å²) in [4.78, 5) is 14.3. The van der Waals surface area contributed by atoms with Crippen LogP contribution in [0.4, 0.5) is 0 Å². The van der Waals surface area contributed by atoms with Gasteiger partial charge in [-0.15, -0.1) is 0 Å². The molecule has 0 bridgehead atoms. The Morgan fingerprint density at radius 2 is 2.18 bits per heavy atom. The van der Waals surface area contributed by atoms with Gasteiger partial charge in [0.25, 0.3) is 0 Å². The summed E-state index contributed by atoms with van der Waals surface area (Å²) in [5.41, 5.74) is 4.98. The first-order valence-electron chi connectivity index (χ1n) is 10.3. The van der Waals surface area contributed by atoms with Crippen LogP contribution in [0, 0.1) is 5.92 Å². The van der Waals surface area contributed by atoms with Crippen molar-refractivity contribution >= 4 is 16.9 Å². The van der Waals surface area contributed by atoms with Crippen molar-refractivity contribution in [3.8, 4) is 0 Å². The van der Waals surface area contributed by atoms with Gasteiger partial charge in [-0.3, -0.25) is 0 Å². The Hall–Kier alpha value is -2.27. The van der Waals surface area contributed by atoms with Gasteiger partial charge in [0, 0.05) is 61.0 Å². The molecular formula is C23H31N3O2. The quantitative estimate of drug-likeness (QED) is 0.638. The number of aryl methyl sites for hydroxylation is 1. The van der Waals surface area contributed by atoms with Crippen molar-refractivity contribution < 1.29 is 9.53 Å². The predicted molar refractivity (Wildman–Crippen MR) is 112 cm³/mol. The van der Waals surface area contributed by atoms with Crippen LogP contribution >= 0.6 is 0 Å². The predicted octanol–water partition coefficient (Wildman–Crippen LogP) is 3.19. The largest absolute Gasteiger partial charge is 0.463 e. The van der Waals surface area contributed by atoms with Crippen molar-refractivity contribution in [3.05, 3.63) is 47.3 Å². The molecule has 2 aliphatic rings. The minimum absolute atomic E-state index is 0.244. The monoisotopic (exact) mass is 381 g/mol. The van der Waals surface area contributed by atoms with Crippen molar-refractivity contribution in [2.75, 3.05) is 26.7 Å². The standard InChI is InChI=1S/C23H31N3O2/c1-5-28-23(27)15(2)11-24-12-16-9-19-18-7-6-8-20-22(18)17(14-26(20)4)10-21(19)25(3)13-16/h6-8,11,14,16,19,21,24H,5,9-10,12-13H2,1-4H3/t16?,19?,21-/m1/s1. The summed E-state index contributed by atoms with van der Waals surface area (Å²) in [6, 6.07) is 7.35. The fourth-order valence-electron chi connectivity index (χ4n) is 5.16. The molecule has 5 nitrogen and oxygen atoms in total. The van der Waals surface area contributed by atoms with E-state index in [4.69, 9.17) is 4.74 Å². The van der Waals surface area contributed by atoms with Gasteiger partial charge in [-0.25, -0.2) is 4.79 Å². The highest BCUT2D eigenvalue weighted by molar-refractivity contribution is 5.89. The highest BCUT2D eigenvalue weighted by Gasteiger charge is 2.39. The molecule has 1 aromatic carbocycles. The number of piperidine rings is 1. The van der Waals surface area contributed by atoms with Crippen molar-refractivity contribution in [1.29, 1.82) is 0 Å². The number of hydrogen-bond donors (Lipinski definition) is 1. The number of nitrogens with one attached hydrogen (secondary N) is 1. The van der Waals surface area contributed by atoms with E-state index < -0.39 is 0 Å². The number of carbonyl (C=O) groups excluding carboxylic acids is 1. The summed E-state index contributed by atoms with van der Waals surface area (Å²) in [5.74, 6) is 0.878. The molecule has 2 unspecified atom stereocenters. The summed E-state index contributed by atoms with van der Waals surface area (Å²) in [6.45, 7) is 6.00. The first kappa shape index (κ1) is 19.1. The number of esters is 1. The van der Waals surface area contributed by atoms with E-state index in [0.717, 1.165) is 19.5 Å². The van der Waals surface area contributed by atoms with Gasteiger partial charge in [-0.05, 0) is 56.8 Å². The molecule has 1 N–H and O–H groups in total. The number of rotatable bonds is 5. The molecular weight excluding hydrogens is 350 g/mol. The third-order valence-electron chi connectivity index (χ3n) is 6.44. The van der Waals surface area contributed by atoms with E-state index >= 15 is 0 Å². The molecule has 3 atom stereocenters. The van der Waals surface area contributed by atoms with Crippen LogP contribution < -0.4 is 5.32 Å². The number of aromatic nitrogens is 1. The van der Waals surface area contributed by atoms with E-state index in [1.165, 1.54) is 28.5 Å². The van der Waals surface area contributed by atoms with Gasteiger partial charge < -0.3 is 19.5 Å². The second kappa shape index (κ2) is 7.63. The van der Waals surface area contributed by atoms with Crippen LogP contribution in [0.5, 0.6) is 0 Å². The lowest BCUT2D eigenvalue weighted by molar-refractivity contribution is -0.138. The third-order valence-corrected chi connectivity index (χ3v) is 6.44. The lowest BCUT2D eigenvalue weighted by Crippen LogP contribution is -2.49. The van der Waals surface area contributed by atoms with Crippen LogP contribution in [0.2, 0.25) is 0 Å². The van der Waals surface area contributed by atoms with Crippen molar-refractivity contribution in [3.63, 3.8) is 0 Å². The zero-order valence-corrected chi connectivity index (χ0v) is 17.4. The van der Waals surface area contributed by atoms with Crippen LogP contribution in [0.15, 0.2) is 36.2 Å². The number of carbonyl (C=O) groups is 1. The molecule has 0 spiro atoms. The molecule has 5 heteroatoms. The van der Waals surface area contributed by atoms with E-state index in [1.807, 2.05) is 6.92 Å². The number of benzene rings is 1. The first-order chi connectivity index (χ1) is 13.5. The zero-order chi connectivity index (χ0) is 19.8. The molecule has 2 heterocycles. The Balaban J connectivity index is 1.50. The van der Waals surface area contributed by atoms with Gasteiger partial charge >= 0.3 is 5.97 Å². The summed E-state index contributed by atoms with van der Waals surface area (Å²) < 4.78 is 7.32. The molecule has 1 aliphatic carbocycles. The highest BCUT2D eigenvalue weighted by atomic mass is 16.5. The molecule has 2 aromatic rings. The van der Waals surface area contributed by atoms with Gasteiger partial charge in [0.1, 0.15) is 0 Å². The summed E-state index contributed by atoms with van der Waals surface area (Å²) >= 11 is 0. The van der Waals surface area contributed by atoms with E-state index in [1.54, 1.807) is 13.1 Å². The maximum absolute atomic E-state index is 11.7. The lowest BCUT2D eigenvalue weighted by Gasteiger charge is -2.45. The number of ether oxygens (including phenoxy) is 1. The Morgan fingerprint density at radius 3 is 2.96 bits per heavy atom. The van der Waals surface area contributed by atoms with Crippen molar-refractivity contribution in [2.45, 2.75) is 38.6 Å². The SMILES string of the molecule is CCOC(=O)C(C)=CNCC1CC2c3cccc4c3c(cn4C)C[C@H]2N(C)C1. The molecule has 1 fully saturated rings. The van der Waals surface area contributed by atoms with E-state index in [0.29, 0.717) is 30.1 Å². The average molecular weight is 382 g/mol. The minimum Gasteiger partial charge on any atom is -0.463 e. The van der Waals surface area contributed by atoms with Gasteiger partial charge in [0.05, 0.1) is 6.61 Å². The van der Waals surface area contributed by atoms with Crippen LogP contribution in [0.1, 0.15) is 37.3 Å². The molecule has 1 saturated heterocycles. The molecule has 4 rings (SSSR count). The second-order valence-corrected chi connectivity index (χ2v) is 8.38. The topological polar surface area (TPSA) is 46.5 Å². The van der Waals surface area contributed by atoms with Crippen LogP contribution in [0.25, 0.3) is 10.9 Å². The Labute approximate surface area is 167 Å². The number of nitrogens with zero attached hydrogens (tertiary/aromatic N) is 2. The Morgan fingerprint density at radius 1 is 1.36 bits per heavy atom. The van der Waals surface area contributed by atoms with Gasteiger partial charge in [0.2, 0.25) is 0 Å². The summed E-state index contributed by atoms with van der Waals surface area (Å²) in [7, 11) is 4.41. The van der Waals surface area contributed by atoms with Crippen LogP contribution in [-0.4, -0.2) is 48.2 Å². The summed E-state index contributed by atoms with van der Waals surface area (Å²) in [6.07, 6.45) is 6.44. The van der Waals surface area contributed by atoms with Gasteiger partial charge in [-0.1, -0.05) is 12.1 Å². The van der Waals surface area contributed by atoms with Gasteiger partial charge in [-0.2, -0.15) is 0 Å². The van der Waals surface area contributed by atoms with Crippen molar-refractivity contribution in [2.24, 2.45) is 13.0 Å².